The highest BCUT2D eigenvalue weighted by molar-refractivity contribution is 5.52. The van der Waals surface area contributed by atoms with E-state index in [4.69, 9.17) is 10.6 Å². The van der Waals surface area contributed by atoms with Crippen LogP contribution in [0.25, 0.3) is 0 Å². The fraction of sp³-hybridized carbons (Fsp3) is 0.154. The van der Waals surface area contributed by atoms with Crippen LogP contribution in [0.4, 0.5) is 11.4 Å². The van der Waals surface area contributed by atoms with Gasteiger partial charge in [-0.05, 0) is 25.1 Å². The smallest absolute Gasteiger partial charge is 0.313 e. The number of nitrogens with two attached hydrogens (primary N) is 1. The largest absolute Gasteiger partial charge is 0.480 e. The van der Waals surface area contributed by atoms with Gasteiger partial charge in [0.2, 0.25) is 0 Å². The van der Waals surface area contributed by atoms with Crippen molar-refractivity contribution in [3.8, 4) is 5.75 Å². The van der Waals surface area contributed by atoms with Crippen molar-refractivity contribution in [2.24, 2.45) is 5.84 Å². The van der Waals surface area contributed by atoms with Crippen LogP contribution in [0.15, 0.2) is 36.5 Å². The molecule has 0 fully saturated rings. The van der Waals surface area contributed by atoms with Crippen LogP contribution in [-0.4, -0.2) is 9.91 Å². The predicted molar refractivity (Wildman–Crippen MR) is 74.2 cm³/mol. The summed E-state index contributed by atoms with van der Waals surface area (Å²) in [5, 5.41) is 11.0. The molecule has 0 saturated carbocycles. The van der Waals surface area contributed by atoms with Crippen molar-refractivity contribution in [2.45, 2.75) is 13.5 Å². The zero-order valence-corrected chi connectivity index (χ0v) is 10.9. The number of nitrogen functional groups attached to an aromatic ring is 1. The molecule has 0 atom stereocenters. The van der Waals surface area contributed by atoms with Crippen molar-refractivity contribution in [1.29, 1.82) is 0 Å². The molecule has 1 aromatic heterocycles. The van der Waals surface area contributed by atoms with Gasteiger partial charge >= 0.3 is 5.69 Å². The lowest BCUT2D eigenvalue weighted by molar-refractivity contribution is -0.386. The Morgan fingerprint density at radius 2 is 2.25 bits per heavy atom. The summed E-state index contributed by atoms with van der Waals surface area (Å²) in [5.74, 6) is 5.53. The Balaban J connectivity index is 2.18. The highest BCUT2D eigenvalue weighted by atomic mass is 16.6. The summed E-state index contributed by atoms with van der Waals surface area (Å²) in [6, 6.07) is 8.36. The van der Waals surface area contributed by atoms with E-state index in [1.165, 1.54) is 0 Å². The molecule has 104 valence electrons. The number of aromatic nitrogens is 1. The first-order chi connectivity index (χ1) is 9.61. The van der Waals surface area contributed by atoms with Gasteiger partial charge in [-0.3, -0.25) is 20.9 Å². The molecule has 20 heavy (non-hydrogen) atoms. The zero-order valence-electron chi connectivity index (χ0n) is 10.9. The van der Waals surface area contributed by atoms with Gasteiger partial charge in [-0.15, -0.1) is 0 Å². The molecule has 1 heterocycles. The third-order valence-corrected chi connectivity index (χ3v) is 2.74. The number of nitro groups is 1. The average molecular weight is 274 g/mol. The number of nitrogens with one attached hydrogen (secondary N) is 1. The molecule has 0 aliphatic carbocycles. The number of nitro benzene ring substituents is 1. The number of para-hydroxylation sites is 1. The summed E-state index contributed by atoms with van der Waals surface area (Å²) in [4.78, 5) is 14.7. The van der Waals surface area contributed by atoms with Crippen LogP contribution < -0.4 is 16.0 Å². The highest BCUT2D eigenvalue weighted by Gasteiger charge is 2.18. The second-order valence-corrected chi connectivity index (χ2v) is 4.15. The first-order valence-electron chi connectivity index (χ1n) is 5.90. The van der Waals surface area contributed by atoms with Gasteiger partial charge in [0.15, 0.2) is 5.75 Å². The van der Waals surface area contributed by atoms with E-state index >= 15 is 0 Å². The summed E-state index contributed by atoms with van der Waals surface area (Å²) in [5.41, 5.74) is 4.34. The van der Waals surface area contributed by atoms with Crippen molar-refractivity contribution >= 4 is 11.4 Å². The maximum absolute atomic E-state index is 11.0. The Kier molecular flexibility index (Phi) is 4.11. The number of nitrogens with zero attached hydrogens (tertiary/aromatic N) is 2. The number of ether oxygens (including phenoxy) is 1. The van der Waals surface area contributed by atoms with E-state index in [0.717, 1.165) is 0 Å². The van der Waals surface area contributed by atoms with E-state index < -0.39 is 4.92 Å². The molecular formula is C13H14N4O3. The van der Waals surface area contributed by atoms with E-state index in [-0.39, 0.29) is 18.0 Å². The van der Waals surface area contributed by atoms with E-state index in [1.54, 1.807) is 43.5 Å². The van der Waals surface area contributed by atoms with Gasteiger partial charge in [0.05, 0.1) is 16.3 Å². The molecule has 2 aromatic rings. The minimum Gasteiger partial charge on any atom is -0.480 e. The lowest BCUT2D eigenvalue weighted by atomic mass is 10.2. The molecule has 0 bridgehead atoms. The SMILES string of the molecule is Cc1cccc(OCc2cc(NN)ccn2)c1[N+](=O)[O-]. The molecule has 2 rings (SSSR count). The Morgan fingerprint density at radius 3 is 2.95 bits per heavy atom. The fourth-order valence-electron chi connectivity index (χ4n) is 1.78. The predicted octanol–water partition coefficient (Wildman–Crippen LogP) is 2.16. The number of rotatable bonds is 5. The van der Waals surface area contributed by atoms with Crippen LogP contribution in [0.3, 0.4) is 0 Å². The van der Waals surface area contributed by atoms with Crippen molar-refractivity contribution in [3.05, 3.63) is 57.9 Å². The first kappa shape index (κ1) is 13.8. The summed E-state index contributed by atoms with van der Waals surface area (Å²) < 4.78 is 5.49. The molecule has 1 aromatic carbocycles. The van der Waals surface area contributed by atoms with Crippen LogP contribution in [0.1, 0.15) is 11.3 Å². The van der Waals surface area contributed by atoms with Crippen LogP contribution >= 0.6 is 0 Å². The van der Waals surface area contributed by atoms with E-state index in [9.17, 15) is 10.1 Å². The third kappa shape index (κ3) is 3.01. The van der Waals surface area contributed by atoms with Crippen LogP contribution in [0.2, 0.25) is 0 Å². The van der Waals surface area contributed by atoms with Gasteiger partial charge in [0.25, 0.3) is 0 Å². The van der Waals surface area contributed by atoms with E-state index in [0.29, 0.717) is 16.9 Å². The molecular weight excluding hydrogens is 260 g/mol. The van der Waals surface area contributed by atoms with E-state index in [1.807, 2.05) is 0 Å². The minimum atomic E-state index is -0.448. The lowest BCUT2D eigenvalue weighted by Gasteiger charge is -2.08. The maximum atomic E-state index is 11.0. The van der Waals surface area contributed by atoms with Crippen LogP contribution in [0, 0.1) is 17.0 Å². The molecule has 0 amide bonds. The monoisotopic (exact) mass is 274 g/mol. The Hall–Kier alpha value is -2.67. The summed E-state index contributed by atoms with van der Waals surface area (Å²) in [7, 11) is 0. The fourth-order valence-corrected chi connectivity index (χ4v) is 1.78. The standard InChI is InChI=1S/C13H14N4O3/c1-9-3-2-4-12(13(9)17(18)19)20-8-11-7-10(16-14)5-6-15-11/h2-7H,8,14H2,1H3,(H,15,16). The third-order valence-electron chi connectivity index (χ3n) is 2.74. The zero-order chi connectivity index (χ0) is 14.5. The van der Waals surface area contributed by atoms with Crippen molar-refractivity contribution < 1.29 is 9.66 Å². The van der Waals surface area contributed by atoms with Gasteiger partial charge in [0, 0.05) is 11.8 Å². The number of hydrogen-bond acceptors (Lipinski definition) is 6. The minimum absolute atomic E-state index is 0.0272. The molecule has 3 N–H and O–H groups in total. The normalized spacial score (nSPS) is 10.1. The summed E-state index contributed by atoms with van der Waals surface area (Å²) >= 11 is 0. The Labute approximate surface area is 115 Å². The molecule has 0 radical (unpaired) electrons. The second kappa shape index (κ2) is 5.98. The average Bonchev–Trinajstić information content (AvgIpc) is 2.45. The van der Waals surface area contributed by atoms with Gasteiger partial charge in [-0.2, -0.15) is 0 Å². The number of aryl methyl sites for hydroxylation is 1. The Bertz CT molecular complexity index is 631. The number of hydrazine groups is 1. The number of anilines is 1. The van der Waals surface area contributed by atoms with Gasteiger partial charge in [0.1, 0.15) is 6.61 Å². The van der Waals surface area contributed by atoms with Crippen molar-refractivity contribution in [2.75, 3.05) is 5.43 Å². The quantitative estimate of drug-likeness (QED) is 0.492. The maximum Gasteiger partial charge on any atom is 0.313 e. The topological polar surface area (TPSA) is 103 Å². The second-order valence-electron chi connectivity index (χ2n) is 4.15. The molecule has 0 unspecified atom stereocenters. The van der Waals surface area contributed by atoms with Crippen LogP contribution in [-0.2, 0) is 6.61 Å². The number of hydrogen-bond donors (Lipinski definition) is 2. The van der Waals surface area contributed by atoms with Gasteiger partial charge in [-0.1, -0.05) is 12.1 Å². The summed E-state index contributed by atoms with van der Waals surface area (Å²) in [6.45, 7) is 1.79. The molecule has 0 spiro atoms. The molecule has 0 aliphatic heterocycles. The first-order valence-corrected chi connectivity index (χ1v) is 5.90. The number of pyridine rings is 1. The molecule has 0 saturated heterocycles. The highest BCUT2D eigenvalue weighted by Crippen LogP contribution is 2.30. The van der Waals surface area contributed by atoms with Gasteiger partial charge in [-0.25, -0.2) is 0 Å². The Morgan fingerprint density at radius 1 is 1.45 bits per heavy atom. The molecule has 7 heteroatoms. The van der Waals surface area contributed by atoms with Crippen molar-refractivity contribution in [1.82, 2.24) is 4.98 Å². The summed E-state index contributed by atoms with van der Waals surface area (Å²) in [6.07, 6.45) is 1.58. The molecule has 7 nitrogen and oxygen atoms in total. The molecule has 0 aliphatic rings. The lowest BCUT2D eigenvalue weighted by Crippen LogP contribution is -2.08. The van der Waals surface area contributed by atoms with Gasteiger partial charge < -0.3 is 10.2 Å². The van der Waals surface area contributed by atoms with Crippen LogP contribution in [0.5, 0.6) is 5.75 Å². The van der Waals surface area contributed by atoms with E-state index in [2.05, 4.69) is 10.4 Å². The number of benzene rings is 1. The van der Waals surface area contributed by atoms with Crippen molar-refractivity contribution in [3.63, 3.8) is 0 Å².